The Hall–Kier alpha value is -1.76. The van der Waals surface area contributed by atoms with Crippen LogP contribution in [0.2, 0.25) is 10.0 Å². The van der Waals surface area contributed by atoms with Gasteiger partial charge in [0.1, 0.15) is 5.69 Å². The van der Waals surface area contributed by atoms with E-state index >= 15 is 0 Å². The van der Waals surface area contributed by atoms with Gasteiger partial charge >= 0.3 is 0 Å². The zero-order valence-corrected chi connectivity index (χ0v) is 14.5. The highest BCUT2D eigenvalue weighted by atomic mass is 35.5. The number of nitrogens with zero attached hydrogens (tertiary/aromatic N) is 1. The molecule has 1 aliphatic heterocycles. The van der Waals surface area contributed by atoms with Crippen molar-refractivity contribution in [2.45, 2.75) is 25.4 Å². The molecule has 128 valence electrons. The molecule has 0 radical (unpaired) electrons. The zero-order valence-electron chi connectivity index (χ0n) is 13.0. The van der Waals surface area contributed by atoms with E-state index in [-0.39, 0.29) is 11.9 Å². The minimum absolute atomic E-state index is 0.160. The van der Waals surface area contributed by atoms with E-state index in [0.717, 1.165) is 31.5 Å². The predicted molar refractivity (Wildman–Crippen MR) is 95.7 cm³/mol. The van der Waals surface area contributed by atoms with E-state index in [2.05, 4.69) is 26.1 Å². The molecule has 8 heteroatoms. The van der Waals surface area contributed by atoms with Gasteiger partial charge in [0.05, 0.1) is 11.9 Å². The topological polar surface area (TPSA) is 81.8 Å². The Kier molecular flexibility index (Phi) is 5.60. The molecule has 0 unspecified atom stereocenters. The molecule has 1 aliphatic rings. The molecule has 1 amide bonds. The fourth-order valence-electron chi connectivity index (χ4n) is 2.70. The first-order valence-electron chi connectivity index (χ1n) is 7.87. The average Bonchev–Trinajstić information content (AvgIpc) is 3.04. The lowest BCUT2D eigenvalue weighted by Crippen LogP contribution is -2.43. The maximum Gasteiger partial charge on any atom is 0.271 e. The number of hydrogen-bond acceptors (Lipinski definition) is 4. The van der Waals surface area contributed by atoms with Gasteiger partial charge in [-0.05, 0) is 38.1 Å². The number of halogens is 2. The second kappa shape index (κ2) is 7.88. The van der Waals surface area contributed by atoms with Gasteiger partial charge in [-0.2, -0.15) is 5.10 Å². The van der Waals surface area contributed by atoms with Gasteiger partial charge < -0.3 is 16.0 Å². The standard InChI is InChI=1S/C16H19Cl2N5O/c17-12-2-1-3-13(18)11(12)8-20-14-9-21-23-15(14)16(24)22-10-4-6-19-7-5-10/h1-3,9-10,19-20H,4-8H2,(H,21,23)(H,22,24). The molecule has 2 heterocycles. The van der Waals surface area contributed by atoms with E-state index in [9.17, 15) is 4.79 Å². The highest BCUT2D eigenvalue weighted by Crippen LogP contribution is 2.25. The van der Waals surface area contributed by atoms with Gasteiger partial charge in [0, 0.05) is 28.2 Å². The average molecular weight is 368 g/mol. The zero-order chi connectivity index (χ0) is 16.9. The van der Waals surface area contributed by atoms with Crippen molar-refractivity contribution in [1.29, 1.82) is 0 Å². The number of anilines is 1. The van der Waals surface area contributed by atoms with Crippen LogP contribution in [-0.2, 0) is 6.54 Å². The van der Waals surface area contributed by atoms with Crippen LogP contribution in [0.1, 0.15) is 28.9 Å². The first-order valence-corrected chi connectivity index (χ1v) is 8.62. The number of carbonyl (C=O) groups excluding carboxylic acids is 1. The summed E-state index contributed by atoms with van der Waals surface area (Å²) in [4.78, 5) is 12.4. The van der Waals surface area contributed by atoms with Gasteiger partial charge in [-0.25, -0.2) is 0 Å². The summed E-state index contributed by atoms with van der Waals surface area (Å²) in [6.45, 7) is 2.25. The number of aromatic nitrogens is 2. The minimum Gasteiger partial charge on any atom is -0.378 e. The van der Waals surface area contributed by atoms with Gasteiger partial charge in [0.25, 0.3) is 5.91 Å². The summed E-state index contributed by atoms with van der Waals surface area (Å²) in [5.74, 6) is -0.160. The molecule has 4 N–H and O–H groups in total. The first kappa shape index (κ1) is 17.1. The van der Waals surface area contributed by atoms with E-state index < -0.39 is 0 Å². The van der Waals surface area contributed by atoms with Crippen molar-refractivity contribution < 1.29 is 4.79 Å². The molecule has 2 aromatic rings. The lowest BCUT2D eigenvalue weighted by atomic mass is 10.1. The fraction of sp³-hybridized carbons (Fsp3) is 0.375. The summed E-state index contributed by atoms with van der Waals surface area (Å²) < 4.78 is 0. The summed E-state index contributed by atoms with van der Waals surface area (Å²) in [6, 6.07) is 5.55. The number of aromatic amines is 1. The molecule has 0 spiro atoms. The highest BCUT2D eigenvalue weighted by Gasteiger charge is 2.20. The molecule has 6 nitrogen and oxygen atoms in total. The van der Waals surface area contributed by atoms with Crippen LogP contribution < -0.4 is 16.0 Å². The summed E-state index contributed by atoms with van der Waals surface area (Å²) in [5.41, 5.74) is 1.82. The molecular weight excluding hydrogens is 349 g/mol. The molecule has 0 saturated carbocycles. The van der Waals surface area contributed by atoms with Crippen molar-refractivity contribution in [3.05, 3.63) is 45.7 Å². The SMILES string of the molecule is O=C(NC1CCNCC1)c1[nH]ncc1NCc1c(Cl)cccc1Cl. The van der Waals surface area contributed by atoms with E-state index in [4.69, 9.17) is 23.2 Å². The van der Waals surface area contributed by atoms with Gasteiger partial charge in [0.2, 0.25) is 0 Å². The lowest BCUT2D eigenvalue weighted by Gasteiger charge is -2.23. The number of hydrogen-bond donors (Lipinski definition) is 4. The van der Waals surface area contributed by atoms with Crippen LogP contribution in [0.25, 0.3) is 0 Å². The first-order chi connectivity index (χ1) is 11.6. The highest BCUT2D eigenvalue weighted by molar-refractivity contribution is 6.36. The number of H-pyrrole nitrogens is 1. The molecule has 0 bridgehead atoms. The van der Waals surface area contributed by atoms with Crippen molar-refractivity contribution in [1.82, 2.24) is 20.8 Å². The Morgan fingerprint density at radius 2 is 1.96 bits per heavy atom. The number of nitrogens with one attached hydrogen (secondary N) is 4. The molecule has 1 aromatic carbocycles. The van der Waals surface area contributed by atoms with Gasteiger partial charge in [0.15, 0.2) is 0 Å². The van der Waals surface area contributed by atoms with Gasteiger partial charge in [-0.1, -0.05) is 29.3 Å². The molecule has 24 heavy (non-hydrogen) atoms. The Bertz CT molecular complexity index is 692. The van der Waals surface area contributed by atoms with Crippen LogP contribution in [0.3, 0.4) is 0 Å². The maximum absolute atomic E-state index is 12.4. The van der Waals surface area contributed by atoms with Gasteiger partial charge in [-0.15, -0.1) is 0 Å². The summed E-state index contributed by atoms with van der Waals surface area (Å²) in [6.07, 6.45) is 3.44. The quantitative estimate of drug-likeness (QED) is 0.654. The molecule has 1 fully saturated rings. The van der Waals surface area contributed by atoms with E-state index in [1.165, 1.54) is 0 Å². The van der Waals surface area contributed by atoms with E-state index in [1.54, 1.807) is 24.4 Å². The molecule has 1 aromatic heterocycles. The van der Waals surface area contributed by atoms with Crippen LogP contribution in [0.4, 0.5) is 5.69 Å². The number of carbonyl (C=O) groups is 1. The van der Waals surface area contributed by atoms with E-state index in [0.29, 0.717) is 28.0 Å². The molecule has 3 rings (SSSR count). The summed E-state index contributed by atoms with van der Waals surface area (Å²) in [5, 5.41) is 17.4. The van der Waals surface area contributed by atoms with Crippen molar-refractivity contribution >= 4 is 34.8 Å². The number of amides is 1. The molecule has 0 atom stereocenters. The fourth-order valence-corrected chi connectivity index (χ4v) is 3.23. The second-order valence-corrected chi connectivity index (χ2v) is 6.52. The Morgan fingerprint density at radius 1 is 1.25 bits per heavy atom. The van der Waals surface area contributed by atoms with Crippen molar-refractivity contribution in [3.63, 3.8) is 0 Å². The largest absolute Gasteiger partial charge is 0.378 e. The summed E-state index contributed by atoms with van der Waals surface area (Å²) in [7, 11) is 0. The number of rotatable bonds is 5. The third kappa shape index (κ3) is 4.01. The van der Waals surface area contributed by atoms with Crippen LogP contribution in [-0.4, -0.2) is 35.2 Å². The van der Waals surface area contributed by atoms with Crippen LogP contribution in [0.5, 0.6) is 0 Å². The van der Waals surface area contributed by atoms with Crippen molar-refractivity contribution in [2.75, 3.05) is 18.4 Å². The summed E-state index contributed by atoms with van der Waals surface area (Å²) >= 11 is 12.3. The molecular formula is C16H19Cl2N5O. The smallest absolute Gasteiger partial charge is 0.271 e. The minimum atomic E-state index is -0.160. The molecule has 0 aliphatic carbocycles. The Balaban J connectivity index is 1.65. The van der Waals surface area contributed by atoms with Crippen LogP contribution in [0.15, 0.2) is 24.4 Å². The maximum atomic E-state index is 12.4. The Morgan fingerprint density at radius 3 is 2.67 bits per heavy atom. The van der Waals surface area contributed by atoms with Gasteiger partial charge in [-0.3, -0.25) is 9.89 Å². The normalized spacial score (nSPS) is 15.2. The van der Waals surface area contributed by atoms with Crippen LogP contribution >= 0.6 is 23.2 Å². The number of benzene rings is 1. The van der Waals surface area contributed by atoms with Crippen molar-refractivity contribution in [3.8, 4) is 0 Å². The monoisotopic (exact) mass is 367 g/mol. The van der Waals surface area contributed by atoms with Crippen molar-refractivity contribution in [2.24, 2.45) is 0 Å². The Labute approximate surface area is 150 Å². The lowest BCUT2D eigenvalue weighted by molar-refractivity contribution is 0.0925. The third-order valence-corrected chi connectivity index (χ3v) is 4.77. The van der Waals surface area contributed by atoms with E-state index in [1.807, 2.05) is 0 Å². The third-order valence-electron chi connectivity index (χ3n) is 4.06. The predicted octanol–water partition coefficient (Wildman–Crippen LogP) is 2.81. The van der Waals surface area contributed by atoms with Crippen LogP contribution in [0, 0.1) is 0 Å². The molecule has 1 saturated heterocycles. The second-order valence-electron chi connectivity index (χ2n) is 5.71. The number of piperidine rings is 1.